The van der Waals surface area contributed by atoms with Crippen molar-refractivity contribution in [1.82, 2.24) is 20.0 Å². The third-order valence-corrected chi connectivity index (χ3v) is 6.35. The number of benzene rings is 1. The summed E-state index contributed by atoms with van der Waals surface area (Å²) in [5.74, 6) is -0.502. The highest BCUT2D eigenvalue weighted by atomic mass is 19.3. The van der Waals surface area contributed by atoms with E-state index in [1.165, 1.54) is 44.2 Å². The number of hydrogen-bond donors (Lipinski definition) is 1. The van der Waals surface area contributed by atoms with Gasteiger partial charge in [-0.05, 0) is 45.0 Å². The van der Waals surface area contributed by atoms with Crippen molar-refractivity contribution < 1.29 is 23.1 Å². The van der Waals surface area contributed by atoms with Crippen LogP contribution >= 0.6 is 0 Å². The van der Waals surface area contributed by atoms with Gasteiger partial charge in [0.1, 0.15) is 5.75 Å². The Hall–Kier alpha value is -2.42. The molecule has 0 aromatic heterocycles. The Balaban J connectivity index is 1.38. The van der Waals surface area contributed by atoms with Gasteiger partial charge in [0, 0.05) is 38.8 Å². The summed E-state index contributed by atoms with van der Waals surface area (Å²) in [5, 5.41) is 2.97. The van der Waals surface area contributed by atoms with Crippen LogP contribution in [0.3, 0.4) is 0 Å². The second-order valence-corrected chi connectivity index (χ2v) is 8.51. The maximum absolute atomic E-state index is 12.8. The van der Waals surface area contributed by atoms with Gasteiger partial charge in [-0.2, -0.15) is 8.78 Å². The Bertz CT molecular complexity index is 751. The minimum atomic E-state index is -2.99. The van der Waals surface area contributed by atoms with Crippen LogP contribution in [0.4, 0.5) is 13.6 Å². The van der Waals surface area contributed by atoms with E-state index in [9.17, 15) is 18.4 Å². The summed E-state index contributed by atoms with van der Waals surface area (Å²) in [5.41, 5.74) is 0.104. The number of ether oxygens (including phenoxy) is 1. The molecule has 1 saturated carbocycles. The van der Waals surface area contributed by atoms with Crippen molar-refractivity contribution in [3.8, 4) is 5.75 Å². The largest absolute Gasteiger partial charge is 0.434 e. The van der Waals surface area contributed by atoms with Gasteiger partial charge in [-0.3, -0.25) is 4.79 Å². The van der Waals surface area contributed by atoms with Crippen LogP contribution in [-0.2, 0) is 0 Å². The van der Waals surface area contributed by atoms with Crippen LogP contribution in [0.2, 0.25) is 0 Å². The zero-order valence-electron chi connectivity index (χ0n) is 18.8. The van der Waals surface area contributed by atoms with Crippen LogP contribution in [0.25, 0.3) is 0 Å². The molecule has 1 aliphatic heterocycles. The summed E-state index contributed by atoms with van der Waals surface area (Å²) >= 11 is 0. The maximum Gasteiger partial charge on any atom is 0.387 e. The average Bonchev–Trinajstić information content (AvgIpc) is 2.81. The van der Waals surface area contributed by atoms with Gasteiger partial charge in [0.25, 0.3) is 5.91 Å². The Morgan fingerprint density at radius 1 is 1.09 bits per heavy atom. The van der Waals surface area contributed by atoms with E-state index in [4.69, 9.17) is 0 Å². The predicted molar refractivity (Wildman–Crippen MR) is 118 cm³/mol. The number of urea groups is 1. The second-order valence-electron chi connectivity index (χ2n) is 8.51. The number of rotatable bonds is 8. The van der Waals surface area contributed by atoms with Gasteiger partial charge in [0.15, 0.2) is 0 Å². The predicted octanol–water partition coefficient (Wildman–Crippen LogP) is 3.41. The van der Waals surface area contributed by atoms with Gasteiger partial charge >= 0.3 is 12.6 Å². The van der Waals surface area contributed by atoms with Crippen molar-refractivity contribution in [3.05, 3.63) is 29.8 Å². The molecule has 7 nitrogen and oxygen atoms in total. The summed E-state index contributed by atoms with van der Waals surface area (Å²) in [6, 6.07) is 6.53. The molecule has 3 amide bonds. The summed E-state index contributed by atoms with van der Waals surface area (Å²) < 4.78 is 29.7. The van der Waals surface area contributed by atoms with Gasteiger partial charge in [0.05, 0.1) is 5.56 Å². The van der Waals surface area contributed by atoms with Crippen LogP contribution < -0.4 is 10.1 Å². The van der Waals surface area contributed by atoms with Crippen molar-refractivity contribution in [2.24, 2.45) is 0 Å². The van der Waals surface area contributed by atoms with Crippen molar-refractivity contribution in [2.75, 3.05) is 46.3 Å². The number of piperazine rings is 1. The first-order valence-electron chi connectivity index (χ1n) is 11.5. The molecule has 1 aromatic rings. The molecule has 178 valence electrons. The highest BCUT2D eigenvalue weighted by Gasteiger charge is 2.27. The molecule has 2 fully saturated rings. The third-order valence-electron chi connectivity index (χ3n) is 6.35. The number of nitrogens with one attached hydrogen (secondary N) is 1. The van der Waals surface area contributed by atoms with E-state index in [2.05, 4.69) is 22.0 Å². The van der Waals surface area contributed by atoms with Gasteiger partial charge < -0.3 is 24.8 Å². The molecular formula is C23H34F2N4O3. The zero-order chi connectivity index (χ0) is 22.9. The smallest absolute Gasteiger partial charge is 0.387 e. The SMILES string of the molecule is CN(CCCNC(=O)N1CCN(C(=O)c2ccccc2OC(F)F)CC1)C1CCCCC1. The Labute approximate surface area is 188 Å². The number of alkyl halides is 2. The minimum absolute atomic E-state index is 0.104. The lowest BCUT2D eigenvalue weighted by Gasteiger charge is -2.35. The summed E-state index contributed by atoms with van der Waals surface area (Å²) in [6.45, 7) is 0.0847. The highest BCUT2D eigenvalue weighted by molar-refractivity contribution is 5.97. The number of halogens is 2. The van der Waals surface area contributed by atoms with Gasteiger partial charge in [0.2, 0.25) is 0 Å². The van der Waals surface area contributed by atoms with E-state index < -0.39 is 6.61 Å². The van der Waals surface area contributed by atoms with Crippen LogP contribution in [0.5, 0.6) is 5.75 Å². The molecule has 2 aliphatic rings. The van der Waals surface area contributed by atoms with E-state index in [-0.39, 0.29) is 23.3 Å². The molecule has 1 aromatic carbocycles. The number of carbonyl (C=O) groups excluding carboxylic acids is 2. The van der Waals surface area contributed by atoms with Gasteiger partial charge in [-0.15, -0.1) is 0 Å². The van der Waals surface area contributed by atoms with E-state index in [1.807, 2.05) is 0 Å². The molecular weight excluding hydrogens is 418 g/mol. The lowest BCUT2D eigenvalue weighted by Crippen LogP contribution is -2.53. The first-order chi connectivity index (χ1) is 15.5. The fourth-order valence-corrected chi connectivity index (χ4v) is 4.47. The molecule has 9 heteroatoms. The first kappa shape index (κ1) is 24.2. The number of amides is 3. The van der Waals surface area contributed by atoms with Crippen molar-refractivity contribution >= 4 is 11.9 Å². The van der Waals surface area contributed by atoms with E-state index in [0.29, 0.717) is 38.8 Å². The Morgan fingerprint density at radius 2 is 1.75 bits per heavy atom. The summed E-state index contributed by atoms with van der Waals surface area (Å²) in [6.07, 6.45) is 7.40. The molecule has 1 aliphatic carbocycles. The lowest BCUT2D eigenvalue weighted by molar-refractivity contribution is -0.0503. The molecule has 0 unspecified atom stereocenters. The van der Waals surface area contributed by atoms with E-state index in [1.54, 1.807) is 21.9 Å². The standard InChI is InChI=1S/C23H34F2N4O3/c1-27(18-8-3-2-4-9-18)13-7-12-26-23(31)29-16-14-28(15-17-29)21(30)19-10-5-6-11-20(19)32-22(24)25/h5-6,10-11,18,22H,2-4,7-9,12-17H2,1H3,(H,26,31). The molecule has 3 rings (SSSR count). The third kappa shape index (κ3) is 6.79. The Kier molecular flexibility index (Phi) is 9.08. The number of nitrogens with zero attached hydrogens (tertiary/aromatic N) is 3. The van der Waals surface area contributed by atoms with Crippen molar-refractivity contribution in [1.29, 1.82) is 0 Å². The quantitative estimate of drug-likeness (QED) is 0.614. The summed E-state index contributed by atoms with van der Waals surface area (Å²) in [7, 11) is 2.17. The fourth-order valence-electron chi connectivity index (χ4n) is 4.47. The lowest BCUT2D eigenvalue weighted by atomic mass is 9.94. The normalized spacial score (nSPS) is 17.7. The average molecular weight is 453 g/mol. The topological polar surface area (TPSA) is 65.1 Å². The van der Waals surface area contributed by atoms with Crippen molar-refractivity contribution in [2.45, 2.75) is 51.2 Å². The molecule has 1 N–H and O–H groups in total. The molecule has 1 saturated heterocycles. The molecule has 0 bridgehead atoms. The zero-order valence-corrected chi connectivity index (χ0v) is 18.8. The van der Waals surface area contributed by atoms with E-state index >= 15 is 0 Å². The minimum Gasteiger partial charge on any atom is -0.434 e. The van der Waals surface area contributed by atoms with E-state index in [0.717, 1.165) is 13.0 Å². The van der Waals surface area contributed by atoms with Crippen LogP contribution in [0.15, 0.2) is 24.3 Å². The molecule has 0 spiro atoms. The van der Waals surface area contributed by atoms with Crippen LogP contribution in [-0.4, -0.2) is 85.6 Å². The molecule has 0 radical (unpaired) electrons. The highest BCUT2D eigenvalue weighted by Crippen LogP contribution is 2.23. The summed E-state index contributed by atoms with van der Waals surface area (Å²) in [4.78, 5) is 30.9. The maximum atomic E-state index is 12.8. The number of para-hydroxylation sites is 1. The number of hydrogen-bond acceptors (Lipinski definition) is 4. The molecule has 1 heterocycles. The second kappa shape index (κ2) is 12.0. The number of carbonyl (C=O) groups is 2. The van der Waals surface area contributed by atoms with Crippen LogP contribution in [0, 0.1) is 0 Å². The van der Waals surface area contributed by atoms with Gasteiger partial charge in [-0.25, -0.2) is 4.79 Å². The fraction of sp³-hybridized carbons (Fsp3) is 0.652. The van der Waals surface area contributed by atoms with Crippen molar-refractivity contribution in [3.63, 3.8) is 0 Å². The molecule has 32 heavy (non-hydrogen) atoms. The van der Waals surface area contributed by atoms with Crippen LogP contribution in [0.1, 0.15) is 48.9 Å². The first-order valence-corrected chi connectivity index (χ1v) is 11.5. The Morgan fingerprint density at radius 3 is 2.44 bits per heavy atom. The monoisotopic (exact) mass is 452 g/mol. The molecule has 0 atom stereocenters. The van der Waals surface area contributed by atoms with Gasteiger partial charge in [-0.1, -0.05) is 31.4 Å².